The normalized spacial score (nSPS) is 13.9. The lowest BCUT2D eigenvalue weighted by molar-refractivity contribution is -0.141. The fourth-order valence-corrected chi connectivity index (χ4v) is 4.21. The van der Waals surface area contributed by atoms with Gasteiger partial charge in [-0.1, -0.05) is 24.3 Å². The number of nitrogens with zero attached hydrogens (tertiary/aromatic N) is 6. The van der Waals surface area contributed by atoms with E-state index in [9.17, 15) is 22.0 Å². The van der Waals surface area contributed by atoms with Gasteiger partial charge in [-0.15, -0.1) is 0 Å². The van der Waals surface area contributed by atoms with Gasteiger partial charge in [0.15, 0.2) is 11.5 Å². The van der Waals surface area contributed by atoms with Gasteiger partial charge >= 0.3 is 6.18 Å². The molecule has 0 spiro atoms. The molecule has 0 amide bonds. The Bertz CT molecular complexity index is 1510. The van der Waals surface area contributed by atoms with Crippen LogP contribution in [0.15, 0.2) is 43.0 Å². The molecule has 1 aliphatic rings. The second kappa shape index (κ2) is 10.4. The highest BCUT2D eigenvalue weighted by molar-refractivity contribution is 5.66. The maximum Gasteiger partial charge on any atom is 0.434 e. The molecule has 8 nitrogen and oxygen atoms in total. The fourth-order valence-electron chi connectivity index (χ4n) is 4.21. The van der Waals surface area contributed by atoms with Crippen molar-refractivity contribution in [2.24, 2.45) is 0 Å². The van der Waals surface area contributed by atoms with E-state index in [-0.39, 0.29) is 18.0 Å². The van der Waals surface area contributed by atoms with Crippen LogP contribution in [-0.2, 0) is 19.3 Å². The van der Waals surface area contributed by atoms with E-state index in [1.807, 2.05) is 0 Å². The van der Waals surface area contributed by atoms with Crippen molar-refractivity contribution in [1.82, 2.24) is 29.5 Å². The third-order valence-electron chi connectivity index (χ3n) is 6.25. The number of ether oxygens (including phenoxy) is 2. The third-order valence-corrected chi connectivity index (χ3v) is 6.25. The van der Waals surface area contributed by atoms with Crippen LogP contribution in [0.1, 0.15) is 48.2 Å². The van der Waals surface area contributed by atoms with Crippen molar-refractivity contribution < 1.29 is 31.4 Å². The average Bonchev–Trinajstić information content (AvgIpc) is 3.66. The molecule has 3 aromatic heterocycles. The van der Waals surface area contributed by atoms with E-state index in [2.05, 4.69) is 24.9 Å². The lowest BCUT2D eigenvalue weighted by Crippen LogP contribution is -2.19. The number of methoxy groups -OCH3 is 1. The number of alkyl halides is 5. The molecular weight excluding hydrogens is 535 g/mol. The summed E-state index contributed by atoms with van der Waals surface area (Å²) in [4.78, 5) is 21.2. The molecule has 0 saturated heterocycles. The molecule has 1 aromatic carbocycles. The van der Waals surface area contributed by atoms with E-state index >= 15 is 0 Å². The molecule has 0 radical (unpaired) electrons. The summed E-state index contributed by atoms with van der Waals surface area (Å²) in [5.41, 5.74) is 1.83. The standard InChI is InChI=1S/C27H25F5N6O2/c1-15-10-33-22(20-21(17-8-9-17)34-14-35-25(20)39-3)37-24(15)40-12-16-4-6-18(7-5-16)23-36-19(27(30,31)32)11-38(23)13-26(2,28)29/h4-7,10-11,14,17H,8-9,12-13H2,1-3H3. The first-order valence-corrected chi connectivity index (χ1v) is 12.4. The first-order chi connectivity index (χ1) is 18.9. The van der Waals surface area contributed by atoms with Gasteiger partial charge in [-0.3, -0.25) is 0 Å². The molecule has 0 atom stereocenters. The van der Waals surface area contributed by atoms with Crippen molar-refractivity contribution in [3.63, 3.8) is 0 Å². The molecule has 1 fully saturated rings. The minimum Gasteiger partial charge on any atom is -0.480 e. The topological polar surface area (TPSA) is 87.8 Å². The van der Waals surface area contributed by atoms with E-state index in [1.54, 1.807) is 25.3 Å². The Labute approximate surface area is 226 Å². The number of aryl methyl sites for hydroxylation is 1. The first-order valence-electron chi connectivity index (χ1n) is 12.4. The molecule has 1 saturated carbocycles. The molecule has 3 heterocycles. The van der Waals surface area contributed by atoms with E-state index in [0.717, 1.165) is 23.1 Å². The quantitative estimate of drug-likeness (QED) is 0.224. The summed E-state index contributed by atoms with van der Waals surface area (Å²) in [5, 5.41) is 0. The Hall–Kier alpha value is -4.16. The zero-order chi connectivity index (χ0) is 28.7. The highest BCUT2D eigenvalue weighted by atomic mass is 19.4. The van der Waals surface area contributed by atoms with Gasteiger partial charge in [0.1, 0.15) is 24.3 Å². The van der Waals surface area contributed by atoms with Crippen molar-refractivity contribution in [1.29, 1.82) is 0 Å². The van der Waals surface area contributed by atoms with E-state index in [0.29, 0.717) is 53.3 Å². The third kappa shape index (κ3) is 6.02. The van der Waals surface area contributed by atoms with Crippen molar-refractivity contribution >= 4 is 0 Å². The number of rotatable bonds is 9. The fraction of sp³-hybridized carbons (Fsp3) is 0.370. The zero-order valence-corrected chi connectivity index (χ0v) is 21.8. The van der Waals surface area contributed by atoms with Crippen LogP contribution >= 0.6 is 0 Å². The molecule has 5 rings (SSSR count). The molecule has 0 bridgehead atoms. The Morgan fingerprint density at radius 1 is 0.975 bits per heavy atom. The monoisotopic (exact) mass is 560 g/mol. The highest BCUT2D eigenvalue weighted by Crippen LogP contribution is 2.45. The van der Waals surface area contributed by atoms with Gasteiger partial charge in [0.25, 0.3) is 5.92 Å². The van der Waals surface area contributed by atoms with Crippen molar-refractivity contribution in [3.8, 4) is 34.5 Å². The maximum atomic E-state index is 13.6. The number of halogens is 5. The Morgan fingerprint density at radius 3 is 2.33 bits per heavy atom. The largest absolute Gasteiger partial charge is 0.480 e. The summed E-state index contributed by atoms with van der Waals surface area (Å²) in [7, 11) is 1.52. The molecule has 210 valence electrons. The number of hydrogen-bond acceptors (Lipinski definition) is 7. The minimum absolute atomic E-state index is 0.0880. The smallest absolute Gasteiger partial charge is 0.434 e. The lowest BCUT2D eigenvalue weighted by Gasteiger charge is -2.14. The number of hydrogen-bond donors (Lipinski definition) is 0. The highest BCUT2D eigenvalue weighted by Gasteiger charge is 2.36. The van der Waals surface area contributed by atoms with Gasteiger partial charge in [-0.25, -0.2) is 28.7 Å². The number of benzene rings is 1. The molecule has 1 aliphatic carbocycles. The Balaban J connectivity index is 1.37. The second-order valence-electron chi connectivity index (χ2n) is 9.73. The number of imidazole rings is 1. The summed E-state index contributed by atoms with van der Waals surface area (Å²) in [6.45, 7) is 1.58. The summed E-state index contributed by atoms with van der Waals surface area (Å²) in [5.74, 6) is -2.06. The predicted octanol–water partition coefficient (Wildman–Crippen LogP) is 6.24. The summed E-state index contributed by atoms with van der Waals surface area (Å²) in [6.07, 6.45) is 0.940. The van der Waals surface area contributed by atoms with Crippen LogP contribution < -0.4 is 9.47 Å². The van der Waals surface area contributed by atoms with Crippen molar-refractivity contribution in [2.45, 2.75) is 57.9 Å². The molecule has 4 aromatic rings. The molecule has 0 aliphatic heterocycles. The summed E-state index contributed by atoms with van der Waals surface area (Å²) in [6, 6.07) is 6.28. The van der Waals surface area contributed by atoms with Crippen LogP contribution in [0.3, 0.4) is 0 Å². The van der Waals surface area contributed by atoms with Crippen molar-refractivity contribution in [2.75, 3.05) is 7.11 Å². The van der Waals surface area contributed by atoms with Crippen LogP contribution in [0.4, 0.5) is 22.0 Å². The lowest BCUT2D eigenvalue weighted by atomic mass is 10.1. The molecule has 0 N–H and O–H groups in total. The molecule has 13 heteroatoms. The molecular formula is C27H25F5N6O2. The van der Waals surface area contributed by atoms with Gasteiger partial charge in [0.2, 0.25) is 11.8 Å². The maximum absolute atomic E-state index is 13.6. The molecule has 40 heavy (non-hydrogen) atoms. The Kier molecular flexibility index (Phi) is 7.15. The Morgan fingerprint density at radius 2 is 1.70 bits per heavy atom. The van der Waals surface area contributed by atoms with E-state index < -0.39 is 24.3 Å². The summed E-state index contributed by atoms with van der Waals surface area (Å²) < 4.78 is 79.2. The average molecular weight is 561 g/mol. The van der Waals surface area contributed by atoms with Gasteiger partial charge in [-0.2, -0.15) is 18.2 Å². The van der Waals surface area contributed by atoms with Gasteiger partial charge in [-0.05, 0) is 25.3 Å². The zero-order valence-electron chi connectivity index (χ0n) is 21.8. The first kappa shape index (κ1) is 27.4. The van der Waals surface area contributed by atoms with E-state index in [4.69, 9.17) is 9.47 Å². The number of aromatic nitrogens is 6. The molecule has 0 unspecified atom stereocenters. The summed E-state index contributed by atoms with van der Waals surface area (Å²) >= 11 is 0. The predicted molar refractivity (Wildman–Crippen MR) is 134 cm³/mol. The SMILES string of the molecule is COc1ncnc(C2CC2)c1-c1ncc(C)c(OCc2ccc(-c3nc(C(F)(F)F)cn3CC(C)(F)F)cc2)n1. The van der Waals surface area contributed by atoms with Crippen LogP contribution in [0.5, 0.6) is 11.8 Å². The van der Waals surface area contributed by atoms with E-state index in [1.165, 1.54) is 25.6 Å². The second-order valence-corrected chi connectivity index (χ2v) is 9.73. The van der Waals surface area contributed by atoms with Crippen LogP contribution in [0, 0.1) is 6.92 Å². The van der Waals surface area contributed by atoms with Gasteiger partial charge in [0, 0.05) is 36.4 Å². The van der Waals surface area contributed by atoms with Crippen molar-refractivity contribution in [3.05, 3.63) is 65.5 Å². The van der Waals surface area contributed by atoms with Crippen LogP contribution in [0.25, 0.3) is 22.8 Å². The van der Waals surface area contributed by atoms with Crippen LogP contribution in [0.2, 0.25) is 0 Å². The van der Waals surface area contributed by atoms with Crippen LogP contribution in [-0.4, -0.2) is 42.5 Å². The van der Waals surface area contributed by atoms with Gasteiger partial charge < -0.3 is 14.0 Å². The minimum atomic E-state index is -4.76. The van der Waals surface area contributed by atoms with Gasteiger partial charge in [0.05, 0.1) is 19.3 Å².